The van der Waals surface area contributed by atoms with E-state index in [0.29, 0.717) is 0 Å². The number of rotatable bonds is 5. The Labute approximate surface area is 122 Å². The van der Waals surface area contributed by atoms with Gasteiger partial charge in [0.15, 0.2) is 0 Å². The fourth-order valence-corrected chi connectivity index (χ4v) is 4.21. The lowest BCUT2D eigenvalue weighted by molar-refractivity contribution is 0.452. The first-order chi connectivity index (χ1) is 9.50. The van der Waals surface area contributed by atoms with Crippen molar-refractivity contribution in [2.45, 2.75) is 56.7 Å². The Morgan fingerprint density at radius 3 is 2.70 bits per heavy atom. The average molecular weight is 295 g/mol. The minimum Gasteiger partial charge on any atom is -0.382 e. The summed E-state index contributed by atoms with van der Waals surface area (Å²) in [5.41, 5.74) is 2.50. The summed E-state index contributed by atoms with van der Waals surface area (Å²) in [6.45, 7) is 2.18. The Kier molecular flexibility index (Phi) is 5.08. The van der Waals surface area contributed by atoms with E-state index >= 15 is 0 Å². The molecule has 0 spiro atoms. The van der Waals surface area contributed by atoms with Crippen LogP contribution in [0.4, 0.5) is 5.69 Å². The van der Waals surface area contributed by atoms with Gasteiger partial charge in [-0.3, -0.25) is 0 Å². The molecule has 2 rings (SSSR count). The number of sulfone groups is 1. The van der Waals surface area contributed by atoms with Crippen molar-refractivity contribution < 1.29 is 8.42 Å². The van der Waals surface area contributed by atoms with Gasteiger partial charge in [-0.2, -0.15) is 0 Å². The molecule has 0 saturated heterocycles. The molecule has 0 amide bonds. The van der Waals surface area contributed by atoms with E-state index < -0.39 is 9.84 Å². The second kappa shape index (κ2) is 6.61. The number of para-hydroxylation sites is 1. The molecule has 0 heterocycles. The van der Waals surface area contributed by atoms with Crippen molar-refractivity contribution in [3.05, 3.63) is 29.8 Å². The smallest absolute Gasteiger partial charge is 0.150 e. The Hall–Kier alpha value is -1.03. The molecule has 0 bridgehead atoms. The molecule has 20 heavy (non-hydrogen) atoms. The molecule has 1 aromatic rings. The first kappa shape index (κ1) is 15.4. The van der Waals surface area contributed by atoms with Gasteiger partial charge in [-0.05, 0) is 37.3 Å². The largest absolute Gasteiger partial charge is 0.382 e. The normalized spacial score (nSPS) is 23.5. The van der Waals surface area contributed by atoms with Crippen molar-refractivity contribution in [2.75, 3.05) is 11.6 Å². The molecule has 1 aliphatic carbocycles. The molecule has 2 atom stereocenters. The average Bonchev–Trinajstić information content (AvgIpc) is 2.41. The van der Waals surface area contributed by atoms with E-state index in [-0.39, 0.29) is 11.3 Å². The minimum absolute atomic E-state index is 0.174. The lowest BCUT2D eigenvalue weighted by Gasteiger charge is -2.30. The van der Waals surface area contributed by atoms with Crippen LogP contribution in [-0.2, 0) is 16.3 Å². The van der Waals surface area contributed by atoms with Crippen LogP contribution in [0.3, 0.4) is 0 Å². The standard InChI is InChI=1S/C16H25NO2S/c1-3-7-13-8-4-5-11-16(13)17-14-9-6-10-15(12-14)20(2,18)19/h4-5,8,11,14-15,17H,3,6-7,9-10,12H2,1-2H3. The monoisotopic (exact) mass is 295 g/mol. The minimum atomic E-state index is -2.91. The summed E-state index contributed by atoms with van der Waals surface area (Å²) in [5.74, 6) is 0. The van der Waals surface area contributed by atoms with Crippen LogP contribution < -0.4 is 5.32 Å². The zero-order valence-electron chi connectivity index (χ0n) is 12.4. The van der Waals surface area contributed by atoms with Crippen molar-refractivity contribution in [2.24, 2.45) is 0 Å². The van der Waals surface area contributed by atoms with Crippen molar-refractivity contribution in [3.63, 3.8) is 0 Å². The fourth-order valence-electron chi connectivity index (χ4n) is 3.03. The second-order valence-electron chi connectivity index (χ2n) is 5.87. The summed E-state index contributed by atoms with van der Waals surface area (Å²) >= 11 is 0. The van der Waals surface area contributed by atoms with Gasteiger partial charge in [0.05, 0.1) is 5.25 Å². The molecule has 0 aliphatic heterocycles. The van der Waals surface area contributed by atoms with Crippen molar-refractivity contribution >= 4 is 15.5 Å². The number of hydrogen-bond donors (Lipinski definition) is 1. The molecular formula is C16H25NO2S. The third-order valence-electron chi connectivity index (χ3n) is 4.13. The zero-order valence-corrected chi connectivity index (χ0v) is 13.2. The first-order valence-electron chi connectivity index (χ1n) is 7.54. The molecule has 0 aromatic heterocycles. The summed E-state index contributed by atoms with van der Waals surface area (Å²) in [4.78, 5) is 0. The molecule has 0 radical (unpaired) electrons. The highest BCUT2D eigenvalue weighted by atomic mass is 32.2. The molecule has 1 fully saturated rings. The number of aryl methyl sites for hydroxylation is 1. The van der Waals surface area contributed by atoms with Gasteiger partial charge >= 0.3 is 0 Å². The summed E-state index contributed by atoms with van der Waals surface area (Å²) in [7, 11) is -2.91. The maximum absolute atomic E-state index is 11.7. The molecule has 1 saturated carbocycles. The molecule has 112 valence electrons. The maximum Gasteiger partial charge on any atom is 0.150 e. The molecule has 3 nitrogen and oxygen atoms in total. The lowest BCUT2D eigenvalue weighted by atomic mass is 9.94. The van der Waals surface area contributed by atoms with E-state index in [9.17, 15) is 8.42 Å². The SMILES string of the molecule is CCCc1ccccc1NC1CCCC(S(C)(=O)=O)C1. The Morgan fingerprint density at radius 2 is 2.00 bits per heavy atom. The second-order valence-corrected chi connectivity index (χ2v) is 8.19. The number of anilines is 1. The predicted octanol–water partition coefficient (Wildman–Crippen LogP) is 3.41. The summed E-state index contributed by atoms with van der Waals surface area (Å²) in [6, 6.07) is 8.65. The molecule has 1 N–H and O–H groups in total. The van der Waals surface area contributed by atoms with Gasteiger partial charge in [0.25, 0.3) is 0 Å². The topological polar surface area (TPSA) is 46.2 Å². The number of benzene rings is 1. The first-order valence-corrected chi connectivity index (χ1v) is 9.49. The van der Waals surface area contributed by atoms with Crippen molar-refractivity contribution in [1.82, 2.24) is 0 Å². The van der Waals surface area contributed by atoms with Gasteiger partial charge in [0, 0.05) is 18.0 Å². The van der Waals surface area contributed by atoms with E-state index in [4.69, 9.17) is 0 Å². The highest BCUT2D eigenvalue weighted by Gasteiger charge is 2.28. The van der Waals surface area contributed by atoms with Crippen molar-refractivity contribution in [1.29, 1.82) is 0 Å². The van der Waals surface area contributed by atoms with Gasteiger partial charge in [0.2, 0.25) is 0 Å². The van der Waals surface area contributed by atoms with E-state index in [1.807, 2.05) is 6.07 Å². The van der Waals surface area contributed by atoms with E-state index in [1.54, 1.807) is 0 Å². The Bertz CT molecular complexity index is 539. The zero-order chi connectivity index (χ0) is 14.6. The third kappa shape index (κ3) is 3.98. The van der Waals surface area contributed by atoms with Crippen LogP contribution in [0.25, 0.3) is 0 Å². The quantitative estimate of drug-likeness (QED) is 0.905. The number of hydrogen-bond acceptors (Lipinski definition) is 3. The predicted molar refractivity (Wildman–Crippen MR) is 84.9 cm³/mol. The maximum atomic E-state index is 11.7. The summed E-state index contributed by atoms with van der Waals surface area (Å²) in [5, 5.41) is 3.40. The van der Waals surface area contributed by atoms with Crippen LogP contribution in [0.5, 0.6) is 0 Å². The molecular weight excluding hydrogens is 270 g/mol. The van der Waals surface area contributed by atoms with E-state index in [0.717, 1.165) is 38.5 Å². The van der Waals surface area contributed by atoms with Gasteiger partial charge in [-0.15, -0.1) is 0 Å². The van der Waals surface area contributed by atoms with Gasteiger partial charge in [0.1, 0.15) is 9.84 Å². The Balaban J connectivity index is 2.06. The van der Waals surface area contributed by atoms with Crippen LogP contribution in [0.1, 0.15) is 44.6 Å². The summed E-state index contributed by atoms with van der Waals surface area (Å²) < 4.78 is 23.5. The van der Waals surface area contributed by atoms with Crippen molar-refractivity contribution in [3.8, 4) is 0 Å². The lowest BCUT2D eigenvalue weighted by Crippen LogP contribution is -2.34. The highest BCUT2D eigenvalue weighted by Crippen LogP contribution is 2.27. The number of nitrogens with one attached hydrogen (secondary N) is 1. The van der Waals surface area contributed by atoms with Crippen LogP contribution in [0.2, 0.25) is 0 Å². The van der Waals surface area contributed by atoms with Gasteiger partial charge in [-0.1, -0.05) is 38.0 Å². The highest BCUT2D eigenvalue weighted by molar-refractivity contribution is 7.91. The van der Waals surface area contributed by atoms with Gasteiger partial charge < -0.3 is 5.32 Å². The van der Waals surface area contributed by atoms with Gasteiger partial charge in [-0.25, -0.2) is 8.42 Å². The third-order valence-corrected chi connectivity index (χ3v) is 5.77. The molecule has 1 aliphatic rings. The Morgan fingerprint density at radius 1 is 1.25 bits per heavy atom. The van der Waals surface area contributed by atoms with Crippen LogP contribution >= 0.6 is 0 Å². The summed E-state index contributed by atoms with van der Waals surface area (Å²) in [6.07, 6.45) is 7.15. The van der Waals surface area contributed by atoms with E-state index in [2.05, 4.69) is 30.4 Å². The van der Waals surface area contributed by atoms with Crippen LogP contribution in [-0.4, -0.2) is 26.0 Å². The fraction of sp³-hybridized carbons (Fsp3) is 0.625. The van der Waals surface area contributed by atoms with Crippen LogP contribution in [0.15, 0.2) is 24.3 Å². The molecule has 2 unspecified atom stereocenters. The molecule has 1 aromatic carbocycles. The van der Waals surface area contributed by atoms with Crippen LogP contribution in [0, 0.1) is 0 Å². The molecule has 4 heteroatoms. The van der Waals surface area contributed by atoms with E-state index in [1.165, 1.54) is 17.5 Å².